The van der Waals surface area contributed by atoms with Crippen LogP contribution >= 0.6 is 0 Å². The van der Waals surface area contributed by atoms with E-state index < -0.39 is 0 Å². The van der Waals surface area contributed by atoms with Crippen molar-refractivity contribution >= 4 is 11.6 Å². The van der Waals surface area contributed by atoms with Crippen molar-refractivity contribution in [1.29, 1.82) is 0 Å². The summed E-state index contributed by atoms with van der Waals surface area (Å²) in [5.41, 5.74) is 1.05. The van der Waals surface area contributed by atoms with Gasteiger partial charge >= 0.3 is 0 Å². The molecule has 1 rings (SSSR count). The fourth-order valence-electron chi connectivity index (χ4n) is 1.54. The minimum absolute atomic E-state index is 0.0359. The molecule has 1 aliphatic heterocycles. The topological polar surface area (TPSA) is 46.2 Å². The summed E-state index contributed by atoms with van der Waals surface area (Å²) in [5, 5.41) is 3.08. The van der Waals surface area contributed by atoms with E-state index in [1.54, 1.807) is 6.92 Å². The SMILES string of the molecule is CC(=O)C1=C(C)NC(C)CC1=O. The number of ketones is 2. The largest absolute Gasteiger partial charge is 0.385 e. The quantitative estimate of drug-likeness (QED) is 0.587. The summed E-state index contributed by atoms with van der Waals surface area (Å²) in [6.07, 6.45) is 0.423. The molecule has 1 heterocycles. The second-order valence-electron chi connectivity index (χ2n) is 3.23. The Morgan fingerprint density at radius 2 is 2.17 bits per heavy atom. The average Bonchev–Trinajstić information content (AvgIpc) is 1.82. The fourth-order valence-corrected chi connectivity index (χ4v) is 1.54. The highest BCUT2D eigenvalue weighted by atomic mass is 16.1. The number of Topliss-reactive ketones (excluding diaryl/α,β-unsaturated/α-hetero) is 2. The van der Waals surface area contributed by atoms with E-state index >= 15 is 0 Å². The molecule has 0 fully saturated rings. The van der Waals surface area contributed by atoms with Crippen LogP contribution in [0.25, 0.3) is 0 Å². The zero-order chi connectivity index (χ0) is 9.30. The predicted molar refractivity (Wildman–Crippen MR) is 45.6 cm³/mol. The molecule has 0 radical (unpaired) electrons. The maximum absolute atomic E-state index is 11.3. The van der Waals surface area contributed by atoms with Crippen molar-refractivity contribution in [3.8, 4) is 0 Å². The fraction of sp³-hybridized carbons (Fsp3) is 0.556. The molecule has 0 spiro atoms. The first-order valence-electron chi connectivity index (χ1n) is 4.04. The summed E-state index contributed by atoms with van der Waals surface area (Å²) in [6.45, 7) is 5.12. The molecular formula is C9H13NO2. The Morgan fingerprint density at radius 1 is 1.58 bits per heavy atom. The minimum Gasteiger partial charge on any atom is -0.385 e. The number of hydrogen-bond donors (Lipinski definition) is 1. The van der Waals surface area contributed by atoms with Gasteiger partial charge in [-0.3, -0.25) is 9.59 Å². The van der Waals surface area contributed by atoms with Gasteiger partial charge in [-0.05, 0) is 20.8 Å². The summed E-state index contributed by atoms with van der Waals surface area (Å²) < 4.78 is 0. The molecule has 1 unspecified atom stereocenters. The summed E-state index contributed by atoms with van der Waals surface area (Å²) >= 11 is 0. The Morgan fingerprint density at radius 3 is 2.58 bits per heavy atom. The molecule has 0 aromatic carbocycles. The number of nitrogens with one attached hydrogen (secondary N) is 1. The van der Waals surface area contributed by atoms with E-state index in [0.717, 1.165) is 0 Å². The molecule has 12 heavy (non-hydrogen) atoms. The van der Waals surface area contributed by atoms with Crippen LogP contribution in [0.2, 0.25) is 0 Å². The minimum atomic E-state index is -0.142. The van der Waals surface area contributed by atoms with Crippen LogP contribution in [0.1, 0.15) is 27.2 Å². The van der Waals surface area contributed by atoms with Gasteiger partial charge in [0.1, 0.15) is 0 Å². The summed E-state index contributed by atoms with van der Waals surface area (Å²) in [4.78, 5) is 22.3. The molecule has 0 aromatic heterocycles. The van der Waals surface area contributed by atoms with Crippen molar-refractivity contribution in [2.24, 2.45) is 0 Å². The highest BCUT2D eigenvalue weighted by Crippen LogP contribution is 2.14. The molecular weight excluding hydrogens is 154 g/mol. The second-order valence-corrected chi connectivity index (χ2v) is 3.23. The van der Waals surface area contributed by atoms with Crippen molar-refractivity contribution in [3.05, 3.63) is 11.3 Å². The number of carbonyl (C=O) groups is 2. The second kappa shape index (κ2) is 3.09. The van der Waals surface area contributed by atoms with Crippen LogP contribution in [0.15, 0.2) is 11.3 Å². The van der Waals surface area contributed by atoms with Crippen LogP contribution in [0.5, 0.6) is 0 Å². The lowest BCUT2D eigenvalue weighted by Gasteiger charge is -2.22. The van der Waals surface area contributed by atoms with E-state index in [1.165, 1.54) is 6.92 Å². The molecule has 0 saturated carbocycles. The van der Waals surface area contributed by atoms with Crippen molar-refractivity contribution in [2.75, 3.05) is 0 Å². The van der Waals surface area contributed by atoms with Gasteiger partial charge in [-0.1, -0.05) is 0 Å². The Bertz CT molecular complexity index is 266. The third kappa shape index (κ3) is 1.55. The molecule has 3 heteroatoms. The van der Waals surface area contributed by atoms with Gasteiger partial charge in [0.15, 0.2) is 11.6 Å². The van der Waals surface area contributed by atoms with E-state index in [9.17, 15) is 9.59 Å². The highest BCUT2D eigenvalue weighted by molar-refractivity contribution is 6.20. The molecule has 3 nitrogen and oxygen atoms in total. The van der Waals surface area contributed by atoms with Crippen molar-refractivity contribution in [3.63, 3.8) is 0 Å². The van der Waals surface area contributed by atoms with E-state index in [1.807, 2.05) is 6.92 Å². The van der Waals surface area contributed by atoms with Gasteiger partial charge in [0.2, 0.25) is 0 Å². The van der Waals surface area contributed by atoms with Gasteiger partial charge in [-0.2, -0.15) is 0 Å². The molecule has 1 aliphatic rings. The van der Waals surface area contributed by atoms with Gasteiger partial charge in [0.05, 0.1) is 5.57 Å². The molecule has 0 saturated heterocycles. The Hall–Kier alpha value is -1.12. The van der Waals surface area contributed by atoms with Crippen LogP contribution < -0.4 is 5.32 Å². The highest BCUT2D eigenvalue weighted by Gasteiger charge is 2.24. The third-order valence-electron chi connectivity index (χ3n) is 1.96. The van der Waals surface area contributed by atoms with Crippen molar-refractivity contribution < 1.29 is 9.59 Å². The standard InChI is InChI=1S/C9H13NO2/c1-5-4-8(12)9(7(3)11)6(2)10-5/h5,10H,4H2,1-3H3. The van der Waals surface area contributed by atoms with Crippen LogP contribution in [-0.4, -0.2) is 17.6 Å². The number of carbonyl (C=O) groups excluding carboxylic acids is 2. The number of rotatable bonds is 1. The lowest BCUT2D eigenvalue weighted by molar-refractivity contribution is -0.121. The number of allylic oxidation sites excluding steroid dienone is 2. The molecule has 0 bridgehead atoms. The van der Waals surface area contributed by atoms with Gasteiger partial charge in [-0.25, -0.2) is 0 Å². The lowest BCUT2D eigenvalue weighted by atomic mass is 9.96. The summed E-state index contributed by atoms with van der Waals surface area (Å²) in [5.74, 6) is -0.178. The first kappa shape index (κ1) is 8.97. The molecule has 1 N–H and O–H groups in total. The maximum Gasteiger partial charge on any atom is 0.170 e. The van der Waals surface area contributed by atoms with Crippen molar-refractivity contribution in [2.45, 2.75) is 33.2 Å². The van der Waals surface area contributed by atoms with E-state index in [0.29, 0.717) is 17.7 Å². The zero-order valence-electron chi connectivity index (χ0n) is 7.60. The molecule has 1 atom stereocenters. The Kier molecular flexibility index (Phi) is 2.31. The third-order valence-corrected chi connectivity index (χ3v) is 1.96. The number of hydrogen-bond acceptors (Lipinski definition) is 3. The average molecular weight is 167 g/mol. The van der Waals surface area contributed by atoms with Gasteiger partial charge < -0.3 is 5.32 Å². The van der Waals surface area contributed by atoms with E-state index in [-0.39, 0.29) is 17.6 Å². The summed E-state index contributed by atoms with van der Waals surface area (Å²) in [7, 11) is 0. The van der Waals surface area contributed by atoms with Gasteiger partial charge in [-0.15, -0.1) is 0 Å². The monoisotopic (exact) mass is 167 g/mol. The molecule has 66 valence electrons. The van der Waals surface area contributed by atoms with E-state index in [2.05, 4.69) is 5.32 Å². The first-order valence-corrected chi connectivity index (χ1v) is 4.04. The Balaban J connectivity index is 3.01. The molecule has 0 amide bonds. The van der Waals surface area contributed by atoms with Crippen molar-refractivity contribution in [1.82, 2.24) is 5.32 Å². The maximum atomic E-state index is 11.3. The van der Waals surface area contributed by atoms with E-state index in [4.69, 9.17) is 0 Å². The molecule has 0 aliphatic carbocycles. The van der Waals surface area contributed by atoms with Gasteiger partial charge in [0, 0.05) is 18.2 Å². The Labute approximate surface area is 71.8 Å². The van der Waals surface area contributed by atoms with Crippen LogP contribution in [0.4, 0.5) is 0 Å². The van der Waals surface area contributed by atoms with Crippen LogP contribution in [-0.2, 0) is 9.59 Å². The summed E-state index contributed by atoms with van der Waals surface area (Å²) in [6, 6.07) is 0.153. The normalized spacial score (nSPS) is 23.9. The van der Waals surface area contributed by atoms with Gasteiger partial charge in [0.25, 0.3) is 0 Å². The van der Waals surface area contributed by atoms with Crippen LogP contribution in [0, 0.1) is 0 Å². The predicted octanol–water partition coefficient (Wildman–Crippen LogP) is 0.800. The zero-order valence-corrected chi connectivity index (χ0v) is 7.60. The molecule has 0 aromatic rings. The first-order chi connectivity index (χ1) is 5.52. The lowest BCUT2D eigenvalue weighted by Crippen LogP contribution is -2.36. The smallest absolute Gasteiger partial charge is 0.170 e. The van der Waals surface area contributed by atoms with Crippen LogP contribution in [0.3, 0.4) is 0 Å².